The average molecular weight is 485 g/mol. The smallest absolute Gasteiger partial charge is 0.358 e. The molecule has 3 aromatic rings. The normalized spacial score (nSPS) is 21.3. The Morgan fingerprint density at radius 3 is 2.55 bits per heavy atom. The van der Waals surface area contributed by atoms with E-state index in [1.54, 1.807) is 0 Å². The summed E-state index contributed by atoms with van der Waals surface area (Å²) >= 11 is 5.41. The molecule has 4 rings (SSSR count). The number of thiocarbonyl (C=S) groups is 1. The van der Waals surface area contributed by atoms with Crippen molar-refractivity contribution in [2.75, 3.05) is 6.61 Å². The van der Waals surface area contributed by atoms with Crippen LogP contribution in [0, 0.1) is 0 Å². The first-order valence-corrected chi connectivity index (χ1v) is 14.6. The summed E-state index contributed by atoms with van der Waals surface area (Å²) in [5, 5.41) is 0.191. The van der Waals surface area contributed by atoms with Gasteiger partial charge in [0.15, 0.2) is 8.32 Å². The SMILES string of the molecule is CC(C)(C)[Si](C)(C)OC[C@H]1O[C@@H](n2cnc3ccccc32)C[C@@H]1OC(=S)Oc1ccccc1. The first-order chi connectivity index (χ1) is 15.6. The molecule has 1 aliphatic heterocycles. The van der Waals surface area contributed by atoms with Gasteiger partial charge in [0.2, 0.25) is 0 Å². The number of fused-ring (bicyclic) bond motifs is 1. The fourth-order valence-corrected chi connectivity index (χ4v) is 4.83. The van der Waals surface area contributed by atoms with E-state index in [1.807, 2.05) is 60.9 Å². The number of benzene rings is 2. The molecule has 0 N–H and O–H groups in total. The second-order valence-corrected chi connectivity index (χ2v) is 15.0. The number of imidazole rings is 1. The Labute approximate surface area is 201 Å². The topological polar surface area (TPSA) is 54.7 Å². The zero-order valence-electron chi connectivity index (χ0n) is 19.9. The van der Waals surface area contributed by atoms with Crippen LogP contribution >= 0.6 is 12.2 Å². The summed E-state index contributed by atoms with van der Waals surface area (Å²) in [6, 6.07) is 17.4. The summed E-state index contributed by atoms with van der Waals surface area (Å²) in [5.74, 6) is 0.646. The molecule has 33 heavy (non-hydrogen) atoms. The maximum Gasteiger partial charge on any atom is 0.358 e. The highest BCUT2D eigenvalue weighted by Gasteiger charge is 2.43. The highest BCUT2D eigenvalue weighted by atomic mass is 32.1. The van der Waals surface area contributed by atoms with E-state index in [0.29, 0.717) is 18.8 Å². The number of aromatic nitrogens is 2. The first kappa shape index (κ1) is 23.9. The monoisotopic (exact) mass is 484 g/mol. The lowest BCUT2D eigenvalue weighted by Gasteiger charge is -2.37. The third-order valence-electron chi connectivity index (χ3n) is 6.58. The van der Waals surface area contributed by atoms with Crippen molar-refractivity contribution < 1.29 is 18.6 Å². The van der Waals surface area contributed by atoms with E-state index in [0.717, 1.165) is 11.0 Å². The lowest BCUT2D eigenvalue weighted by atomic mass is 10.2. The number of hydrogen-bond donors (Lipinski definition) is 0. The van der Waals surface area contributed by atoms with Gasteiger partial charge in [-0.2, -0.15) is 0 Å². The molecule has 0 spiro atoms. The number of rotatable bonds is 6. The summed E-state index contributed by atoms with van der Waals surface area (Å²) in [6.07, 6.45) is 1.64. The van der Waals surface area contributed by atoms with Gasteiger partial charge in [-0.1, -0.05) is 51.1 Å². The average Bonchev–Trinajstić information content (AvgIpc) is 3.36. The van der Waals surface area contributed by atoms with Crippen LogP contribution in [0.5, 0.6) is 5.75 Å². The van der Waals surface area contributed by atoms with Crippen LogP contribution in [0.4, 0.5) is 0 Å². The van der Waals surface area contributed by atoms with Gasteiger partial charge in [0.05, 0.1) is 24.0 Å². The quantitative estimate of drug-likeness (QED) is 0.311. The summed E-state index contributed by atoms with van der Waals surface area (Å²) in [6.45, 7) is 11.6. The van der Waals surface area contributed by atoms with E-state index in [4.69, 9.17) is 30.9 Å². The molecule has 1 aliphatic rings. The highest BCUT2D eigenvalue weighted by molar-refractivity contribution is 7.79. The molecule has 1 saturated heterocycles. The minimum absolute atomic E-state index is 0.0864. The van der Waals surface area contributed by atoms with Crippen LogP contribution in [0.25, 0.3) is 11.0 Å². The van der Waals surface area contributed by atoms with Crippen molar-refractivity contribution >= 4 is 36.8 Å². The Hall–Kier alpha value is -2.26. The summed E-state index contributed by atoms with van der Waals surface area (Å²) in [4.78, 5) is 4.51. The van der Waals surface area contributed by atoms with Crippen LogP contribution in [0.15, 0.2) is 60.9 Å². The Morgan fingerprint density at radius 1 is 1.12 bits per heavy atom. The zero-order chi connectivity index (χ0) is 23.6. The molecule has 1 fully saturated rings. The minimum Gasteiger partial charge on any atom is -0.450 e. The van der Waals surface area contributed by atoms with Crippen molar-refractivity contribution in [1.82, 2.24) is 9.55 Å². The number of ether oxygens (including phenoxy) is 3. The molecule has 0 aliphatic carbocycles. The molecule has 176 valence electrons. The summed E-state index contributed by atoms with van der Waals surface area (Å²) in [5.41, 5.74) is 1.96. The summed E-state index contributed by atoms with van der Waals surface area (Å²) in [7, 11) is -1.95. The molecule has 3 atom stereocenters. The molecular weight excluding hydrogens is 452 g/mol. The molecule has 0 bridgehead atoms. The van der Waals surface area contributed by atoms with Gasteiger partial charge in [0.1, 0.15) is 24.2 Å². The number of para-hydroxylation sites is 3. The van der Waals surface area contributed by atoms with Crippen LogP contribution in [-0.2, 0) is 13.9 Å². The van der Waals surface area contributed by atoms with E-state index in [-0.39, 0.29) is 28.7 Å². The highest BCUT2D eigenvalue weighted by Crippen LogP contribution is 2.38. The Balaban J connectivity index is 1.51. The molecule has 1 aromatic heterocycles. The Kier molecular flexibility index (Phi) is 6.90. The summed E-state index contributed by atoms with van der Waals surface area (Å²) < 4.78 is 26.8. The van der Waals surface area contributed by atoms with Crippen molar-refractivity contribution in [3.8, 4) is 5.75 Å². The van der Waals surface area contributed by atoms with Crippen molar-refractivity contribution in [3.63, 3.8) is 0 Å². The third kappa shape index (κ3) is 5.46. The first-order valence-electron chi connectivity index (χ1n) is 11.3. The van der Waals surface area contributed by atoms with Crippen molar-refractivity contribution in [2.45, 2.75) is 63.8 Å². The van der Waals surface area contributed by atoms with Gasteiger partial charge in [-0.05, 0) is 42.4 Å². The maximum absolute atomic E-state index is 6.49. The fraction of sp³-hybridized carbons (Fsp3) is 0.440. The van der Waals surface area contributed by atoms with Gasteiger partial charge >= 0.3 is 5.24 Å². The predicted molar refractivity (Wildman–Crippen MR) is 136 cm³/mol. The lowest BCUT2D eigenvalue weighted by Crippen LogP contribution is -2.44. The predicted octanol–water partition coefficient (Wildman–Crippen LogP) is 6.09. The molecule has 0 saturated carbocycles. The number of nitrogens with zero attached hydrogens (tertiary/aromatic N) is 2. The molecule has 2 heterocycles. The van der Waals surface area contributed by atoms with Gasteiger partial charge in [0, 0.05) is 18.6 Å². The zero-order valence-corrected chi connectivity index (χ0v) is 21.7. The fourth-order valence-electron chi connectivity index (χ4n) is 3.59. The maximum atomic E-state index is 6.49. The Bertz CT molecular complexity index is 1100. The Morgan fingerprint density at radius 2 is 1.82 bits per heavy atom. The van der Waals surface area contributed by atoms with Crippen LogP contribution < -0.4 is 4.74 Å². The van der Waals surface area contributed by atoms with E-state index in [2.05, 4.69) is 43.4 Å². The van der Waals surface area contributed by atoms with Gasteiger partial charge in [-0.15, -0.1) is 0 Å². The lowest BCUT2D eigenvalue weighted by molar-refractivity contribution is -0.0399. The molecule has 6 nitrogen and oxygen atoms in total. The third-order valence-corrected chi connectivity index (χ3v) is 11.3. The van der Waals surface area contributed by atoms with Crippen LogP contribution in [0.1, 0.15) is 33.4 Å². The van der Waals surface area contributed by atoms with Crippen molar-refractivity contribution in [3.05, 3.63) is 60.9 Å². The second kappa shape index (κ2) is 9.54. The van der Waals surface area contributed by atoms with Crippen LogP contribution in [-0.4, -0.2) is 41.9 Å². The van der Waals surface area contributed by atoms with Gasteiger partial charge < -0.3 is 23.2 Å². The molecule has 0 amide bonds. The molecule has 8 heteroatoms. The molecular formula is C25H32N2O4SSi. The van der Waals surface area contributed by atoms with Crippen LogP contribution in [0.3, 0.4) is 0 Å². The van der Waals surface area contributed by atoms with Crippen LogP contribution in [0.2, 0.25) is 18.1 Å². The second-order valence-electron chi connectivity index (χ2n) is 9.90. The van der Waals surface area contributed by atoms with E-state index < -0.39 is 8.32 Å². The van der Waals surface area contributed by atoms with Crippen molar-refractivity contribution in [2.24, 2.45) is 0 Å². The molecule has 0 unspecified atom stereocenters. The van der Waals surface area contributed by atoms with Crippen molar-refractivity contribution in [1.29, 1.82) is 0 Å². The molecule has 0 radical (unpaired) electrons. The van der Waals surface area contributed by atoms with E-state index in [1.165, 1.54) is 0 Å². The largest absolute Gasteiger partial charge is 0.450 e. The van der Waals surface area contributed by atoms with E-state index >= 15 is 0 Å². The molecule has 2 aromatic carbocycles. The minimum atomic E-state index is -1.95. The van der Waals surface area contributed by atoms with Gasteiger partial charge in [-0.25, -0.2) is 4.98 Å². The number of hydrogen-bond acceptors (Lipinski definition) is 6. The van der Waals surface area contributed by atoms with Gasteiger partial charge in [0.25, 0.3) is 0 Å². The van der Waals surface area contributed by atoms with E-state index in [9.17, 15) is 0 Å². The van der Waals surface area contributed by atoms with Gasteiger partial charge in [-0.3, -0.25) is 0 Å². The standard InChI is InChI=1S/C25H32N2O4SSi/c1-25(2,3)33(4,5)28-16-22-21(31-24(32)29-18-11-7-6-8-12-18)15-23(30-22)27-17-26-19-13-9-10-14-20(19)27/h6-14,17,21-23H,15-16H2,1-5H3/t21-,22+,23+/m0/s1.